The Morgan fingerprint density at radius 2 is 1.52 bits per heavy atom. The number of benzene rings is 1. The van der Waals surface area contributed by atoms with Crippen LogP contribution in [0.1, 0.15) is 36.9 Å². The van der Waals surface area contributed by atoms with Crippen LogP contribution in [0.2, 0.25) is 0 Å². The first-order valence-electron chi connectivity index (χ1n) is 12.6. The molecule has 1 aromatic heterocycles. The van der Waals surface area contributed by atoms with Crippen molar-refractivity contribution in [2.24, 2.45) is 17.2 Å². The van der Waals surface area contributed by atoms with Crippen LogP contribution in [0.4, 0.5) is 0 Å². The van der Waals surface area contributed by atoms with Gasteiger partial charge in [0.1, 0.15) is 23.9 Å². The van der Waals surface area contributed by atoms with Crippen molar-refractivity contribution in [3.05, 3.63) is 48.0 Å². The van der Waals surface area contributed by atoms with Gasteiger partial charge >= 0.3 is 5.97 Å². The lowest BCUT2D eigenvalue weighted by molar-refractivity contribution is -0.142. The molecular weight excluding hydrogens is 524 g/mol. The van der Waals surface area contributed by atoms with E-state index in [1.807, 2.05) is 0 Å². The van der Waals surface area contributed by atoms with Gasteiger partial charge in [0.2, 0.25) is 23.6 Å². The largest absolute Gasteiger partial charge is 0.508 e. The van der Waals surface area contributed by atoms with Crippen molar-refractivity contribution in [2.45, 2.75) is 62.7 Å². The number of nitrogens with one attached hydrogen (secondary N) is 4. The van der Waals surface area contributed by atoms with Crippen molar-refractivity contribution >= 4 is 29.6 Å². The van der Waals surface area contributed by atoms with E-state index in [0.29, 0.717) is 37.1 Å². The number of carboxylic acids is 1. The summed E-state index contributed by atoms with van der Waals surface area (Å²) >= 11 is 0. The molecule has 12 N–H and O–H groups in total. The van der Waals surface area contributed by atoms with E-state index in [2.05, 4.69) is 25.9 Å². The summed E-state index contributed by atoms with van der Waals surface area (Å²) in [7, 11) is 0. The number of unbranched alkanes of at least 4 members (excludes halogenated alkanes) is 1. The Balaban J connectivity index is 2.17. The van der Waals surface area contributed by atoms with Crippen LogP contribution in [0.5, 0.6) is 5.75 Å². The maximum Gasteiger partial charge on any atom is 0.326 e. The molecule has 218 valence electrons. The zero-order valence-electron chi connectivity index (χ0n) is 21.8. The maximum atomic E-state index is 13.2. The molecular formula is C25H36N8O7. The first-order valence-corrected chi connectivity index (χ1v) is 12.6. The molecule has 0 spiro atoms. The Labute approximate surface area is 230 Å². The number of nitrogens with zero attached hydrogens (tertiary/aromatic N) is 1. The fourth-order valence-electron chi connectivity index (χ4n) is 3.77. The summed E-state index contributed by atoms with van der Waals surface area (Å²) in [5.41, 5.74) is 17.7. The Morgan fingerprint density at radius 1 is 0.900 bits per heavy atom. The Kier molecular flexibility index (Phi) is 12.5. The van der Waals surface area contributed by atoms with Crippen LogP contribution < -0.4 is 33.2 Å². The third kappa shape index (κ3) is 10.7. The lowest BCUT2D eigenvalue weighted by Crippen LogP contribution is -2.58. The number of carbonyl (C=O) groups is 5. The van der Waals surface area contributed by atoms with Gasteiger partial charge in [0, 0.05) is 24.7 Å². The van der Waals surface area contributed by atoms with Crippen LogP contribution in [0.3, 0.4) is 0 Å². The molecule has 15 nitrogen and oxygen atoms in total. The quantitative estimate of drug-likeness (QED) is 0.0939. The van der Waals surface area contributed by atoms with Gasteiger partial charge in [-0.15, -0.1) is 0 Å². The van der Waals surface area contributed by atoms with Crippen molar-refractivity contribution in [3.63, 3.8) is 0 Å². The summed E-state index contributed by atoms with van der Waals surface area (Å²) in [4.78, 5) is 69.2. The minimum atomic E-state index is -1.54. The van der Waals surface area contributed by atoms with E-state index in [-0.39, 0.29) is 18.6 Å². The van der Waals surface area contributed by atoms with E-state index in [0.717, 1.165) is 0 Å². The molecule has 0 aliphatic rings. The molecule has 2 aromatic rings. The number of aromatic amines is 1. The van der Waals surface area contributed by atoms with Crippen LogP contribution in [0, 0.1) is 0 Å². The third-order valence-corrected chi connectivity index (χ3v) is 5.95. The van der Waals surface area contributed by atoms with E-state index in [1.165, 1.54) is 36.8 Å². The van der Waals surface area contributed by atoms with Crippen molar-refractivity contribution in [2.75, 3.05) is 6.54 Å². The average Bonchev–Trinajstić information content (AvgIpc) is 3.41. The zero-order chi connectivity index (χ0) is 29.7. The summed E-state index contributed by atoms with van der Waals surface area (Å²) in [5, 5.41) is 26.3. The van der Waals surface area contributed by atoms with Gasteiger partial charge in [-0.05, 0) is 37.1 Å². The van der Waals surface area contributed by atoms with Gasteiger partial charge < -0.3 is 48.3 Å². The SMILES string of the molecule is NCCCCC(N)C(=O)NC(Cc1cnc[nH]1)C(=O)NC(CC(N)=O)C(=O)NC(Cc1ccc(O)cc1)C(=O)O. The normalized spacial score (nSPS) is 13.8. The Bertz CT molecular complexity index is 1140. The smallest absolute Gasteiger partial charge is 0.326 e. The number of amides is 4. The fourth-order valence-corrected chi connectivity index (χ4v) is 3.77. The number of phenols is 1. The number of imidazole rings is 1. The molecule has 0 bridgehead atoms. The topological polar surface area (TPSA) is 269 Å². The molecule has 40 heavy (non-hydrogen) atoms. The molecule has 0 radical (unpaired) electrons. The van der Waals surface area contributed by atoms with Crippen LogP contribution in [-0.4, -0.2) is 80.5 Å². The number of aliphatic carboxylic acids is 1. The van der Waals surface area contributed by atoms with E-state index in [9.17, 15) is 34.2 Å². The van der Waals surface area contributed by atoms with Crippen molar-refractivity contribution in [1.82, 2.24) is 25.9 Å². The molecule has 4 amide bonds. The summed E-state index contributed by atoms with van der Waals surface area (Å²) < 4.78 is 0. The molecule has 0 saturated heterocycles. The molecule has 1 heterocycles. The number of H-pyrrole nitrogens is 1. The predicted octanol–water partition coefficient (Wildman–Crippen LogP) is -2.23. The van der Waals surface area contributed by atoms with E-state index in [1.54, 1.807) is 0 Å². The predicted molar refractivity (Wildman–Crippen MR) is 142 cm³/mol. The van der Waals surface area contributed by atoms with Crippen LogP contribution in [0.15, 0.2) is 36.8 Å². The molecule has 1 aromatic carbocycles. The highest BCUT2D eigenvalue weighted by Crippen LogP contribution is 2.12. The zero-order valence-corrected chi connectivity index (χ0v) is 21.8. The highest BCUT2D eigenvalue weighted by molar-refractivity contribution is 5.96. The third-order valence-electron chi connectivity index (χ3n) is 5.95. The Hall–Kier alpha value is -4.50. The van der Waals surface area contributed by atoms with Gasteiger partial charge in [0.05, 0.1) is 18.8 Å². The van der Waals surface area contributed by atoms with Crippen molar-refractivity contribution in [1.29, 1.82) is 0 Å². The number of aromatic nitrogens is 2. The molecule has 0 fully saturated rings. The molecule has 0 aliphatic carbocycles. The number of carboxylic acid groups (broad SMARTS) is 1. The highest BCUT2D eigenvalue weighted by Gasteiger charge is 2.31. The lowest BCUT2D eigenvalue weighted by atomic mass is 10.0. The monoisotopic (exact) mass is 560 g/mol. The number of phenolic OH excluding ortho intramolecular Hbond substituents is 1. The van der Waals surface area contributed by atoms with E-state index >= 15 is 0 Å². The molecule has 2 rings (SSSR count). The van der Waals surface area contributed by atoms with E-state index < -0.39 is 60.2 Å². The minimum absolute atomic E-state index is 0.0165. The number of carbonyl (C=O) groups excluding carboxylic acids is 4. The van der Waals surface area contributed by atoms with E-state index in [4.69, 9.17) is 17.2 Å². The van der Waals surface area contributed by atoms with Crippen LogP contribution in [0.25, 0.3) is 0 Å². The van der Waals surface area contributed by atoms with Crippen LogP contribution >= 0.6 is 0 Å². The summed E-state index contributed by atoms with van der Waals surface area (Å²) in [6, 6.07) is 0.623. The summed E-state index contributed by atoms with van der Waals surface area (Å²) in [6.07, 6.45) is 3.63. The standard InChI is InChI=1S/C25H36N8O7/c26-8-2-1-3-17(27)22(36)31-18(10-15-12-29-13-30-15)23(37)32-19(11-21(28)35)24(38)33-20(25(39)40)9-14-4-6-16(34)7-5-14/h4-7,12-13,17-20,34H,1-3,8-11,26-27H2,(H2,28,35)(H,29,30)(H,31,36)(H,32,37)(H,33,38)(H,39,40). The van der Waals surface area contributed by atoms with Gasteiger partial charge in [0.15, 0.2) is 0 Å². The van der Waals surface area contributed by atoms with Crippen LogP contribution in [-0.2, 0) is 36.8 Å². The average molecular weight is 561 g/mol. The van der Waals surface area contributed by atoms with Crippen molar-refractivity contribution in [3.8, 4) is 5.75 Å². The molecule has 0 saturated carbocycles. The van der Waals surface area contributed by atoms with Gasteiger partial charge in [-0.3, -0.25) is 19.2 Å². The second kappa shape index (κ2) is 15.8. The second-order valence-corrected chi connectivity index (χ2v) is 9.23. The number of primary amides is 1. The Morgan fingerprint density at radius 3 is 2.10 bits per heavy atom. The van der Waals surface area contributed by atoms with Gasteiger partial charge in [-0.25, -0.2) is 9.78 Å². The molecule has 4 atom stereocenters. The fraction of sp³-hybridized carbons (Fsp3) is 0.440. The second-order valence-electron chi connectivity index (χ2n) is 9.23. The number of hydrogen-bond donors (Lipinski definition) is 9. The molecule has 15 heteroatoms. The van der Waals surface area contributed by atoms with Gasteiger partial charge in [0.25, 0.3) is 0 Å². The van der Waals surface area contributed by atoms with Crippen molar-refractivity contribution < 1.29 is 34.2 Å². The number of nitrogens with two attached hydrogens (primary N) is 3. The number of rotatable bonds is 17. The minimum Gasteiger partial charge on any atom is -0.508 e. The number of hydrogen-bond acceptors (Lipinski definition) is 9. The van der Waals surface area contributed by atoms with Gasteiger partial charge in [-0.2, -0.15) is 0 Å². The molecule has 0 aliphatic heterocycles. The first-order chi connectivity index (χ1) is 19.0. The summed E-state index contributed by atoms with van der Waals surface area (Å²) in [5.74, 6) is -4.71. The lowest BCUT2D eigenvalue weighted by Gasteiger charge is -2.24. The summed E-state index contributed by atoms with van der Waals surface area (Å²) in [6.45, 7) is 0.445. The molecule has 4 unspecified atom stereocenters. The first kappa shape index (κ1) is 31.7. The highest BCUT2D eigenvalue weighted by atomic mass is 16.4. The maximum absolute atomic E-state index is 13.2. The van der Waals surface area contributed by atoms with Gasteiger partial charge in [-0.1, -0.05) is 18.6 Å². The number of aromatic hydroxyl groups is 1.